The maximum atomic E-state index is 12.7. The molecule has 142 valence electrons. The molecule has 0 aliphatic rings. The Hall–Kier alpha value is -3.67. The molecule has 6 heteroatoms. The molecular weight excluding hydrogens is 356 g/mol. The number of carbonyl (C=O) groups excluding carboxylic acids is 1. The topological polar surface area (TPSA) is 88.4 Å². The van der Waals surface area contributed by atoms with Crippen LogP contribution in [0.4, 0.5) is 5.69 Å². The first kappa shape index (κ1) is 19.1. The quantitative estimate of drug-likeness (QED) is 0.663. The SMILES string of the molecule is O=C(O)CCc1ccc(NC(=O)c2cccn(Cc3ccccc3)c2=O)cc1. The Labute approximate surface area is 162 Å². The highest BCUT2D eigenvalue weighted by molar-refractivity contribution is 6.03. The molecule has 0 bridgehead atoms. The molecule has 2 N–H and O–H groups in total. The molecule has 0 unspecified atom stereocenters. The zero-order valence-corrected chi connectivity index (χ0v) is 15.2. The number of amides is 1. The number of rotatable bonds is 7. The highest BCUT2D eigenvalue weighted by atomic mass is 16.4. The van der Waals surface area contributed by atoms with Crippen molar-refractivity contribution in [1.29, 1.82) is 0 Å². The maximum Gasteiger partial charge on any atom is 0.303 e. The van der Waals surface area contributed by atoms with Gasteiger partial charge in [-0.3, -0.25) is 14.4 Å². The zero-order chi connectivity index (χ0) is 19.9. The van der Waals surface area contributed by atoms with Gasteiger partial charge in [0.1, 0.15) is 5.56 Å². The number of pyridine rings is 1. The third-order valence-corrected chi connectivity index (χ3v) is 4.30. The van der Waals surface area contributed by atoms with Crippen LogP contribution in [0.15, 0.2) is 77.7 Å². The first-order chi connectivity index (χ1) is 13.5. The van der Waals surface area contributed by atoms with E-state index < -0.39 is 11.9 Å². The zero-order valence-electron chi connectivity index (χ0n) is 15.2. The summed E-state index contributed by atoms with van der Waals surface area (Å²) in [6, 6.07) is 19.6. The van der Waals surface area contributed by atoms with Gasteiger partial charge in [-0.25, -0.2) is 0 Å². The molecule has 1 heterocycles. The number of benzene rings is 2. The summed E-state index contributed by atoms with van der Waals surface area (Å²) in [7, 11) is 0. The number of anilines is 1. The molecule has 0 aliphatic heterocycles. The number of carbonyl (C=O) groups is 2. The lowest BCUT2D eigenvalue weighted by Gasteiger charge is -2.09. The summed E-state index contributed by atoms with van der Waals surface area (Å²) in [6.07, 6.45) is 2.13. The number of nitrogens with zero attached hydrogens (tertiary/aromatic N) is 1. The normalized spacial score (nSPS) is 10.4. The van der Waals surface area contributed by atoms with Gasteiger partial charge in [-0.1, -0.05) is 42.5 Å². The molecule has 28 heavy (non-hydrogen) atoms. The van der Waals surface area contributed by atoms with Gasteiger partial charge < -0.3 is 15.0 Å². The summed E-state index contributed by atoms with van der Waals surface area (Å²) in [6.45, 7) is 0.388. The van der Waals surface area contributed by atoms with Crippen LogP contribution in [0, 0.1) is 0 Å². The molecule has 1 aromatic heterocycles. The largest absolute Gasteiger partial charge is 0.481 e. The Balaban J connectivity index is 1.71. The lowest BCUT2D eigenvalue weighted by atomic mass is 10.1. The molecular formula is C22H20N2O4. The Morgan fingerprint density at radius 2 is 1.61 bits per heavy atom. The maximum absolute atomic E-state index is 12.7. The number of nitrogens with one attached hydrogen (secondary N) is 1. The van der Waals surface area contributed by atoms with Gasteiger partial charge in [-0.05, 0) is 41.8 Å². The molecule has 0 atom stereocenters. The number of hydrogen-bond acceptors (Lipinski definition) is 3. The van der Waals surface area contributed by atoms with E-state index in [1.54, 1.807) is 36.5 Å². The first-order valence-electron chi connectivity index (χ1n) is 8.88. The van der Waals surface area contributed by atoms with E-state index in [-0.39, 0.29) is 17.5 Å². The monoisotopic (exact) mass is 376 g/mol. The van der Waals surface area contributed by atoms with Crippen LogP contribution in [0.2, 0.25) is 0 Å². The van der Waals surface area contributed by atoms with E-state index in [1.165, 1.54) is 10.6 Å². The Morgan fingerprint density at radius 1 is 0.893 bits per heavy atom. The van der Waals surface area contributed by atoms with Crippen molar-refractivity contribution < 1.29 is 14.7 Å². The predicted molar refractivity (Wildman–Crippen MR) is 107 cm³/mol. The molecule has 2 aromatic carbocycles. The standard InChI is InChI=1S/C22H20N2O4/c25-20(26)13-10-16-8-11-18(12-9-16)23-21(27)19-7-4-14-24(22(19)28)15-17-5-2-1-3-6-17/h1-9,11-12,14H,10,13,15H2,(H,23,27)(H,25,26). The smallest absolute Gasteiger partial charge is 0.303 e. The second-order valence-corrected chi connectivity index (χ2v) is 6.39. The molecule has 6 nitrogen and oxygen atoms in total. The van der Waals surface area contributed by atoms with Crippen molar-refractivity contribution in [2.45, 2.75) is 19.4 Å². The van der Waals surface area contributed by atoms with Crippen molar-refractivity contribution in [3.63, 3.8) is 0 Å². The Morgan fingerprint density at radius 3 is 2.29 bits per heavy atom. The molecule has 3 rings (SSSR count). The van der Waals surface area contributed by atoms with Crippen molar-refractivity contribution in [1.82, 2.24) is 4.57 Å². The van der Waals surface area contributed by atoms with Crippen LogP contribution in [-0.4, -0.2) is 21.6 Å². The average molecular weight is 376 g/mol. The summed E-state index contributed by atoms with van der Waals surface area (Å²) in [5.41, 5.74) is 2.08. The van der Waals surface area contributed by atoms with Gasteiger partial charge in [-0.2, -0.15) is 0 Å². The third kappa shape index (κ3) is 4.94. The van der Waals surface area contributed by atoms with E-state index in [9.17, 15) is 14.4 Å². The number of hydrogen-bond donors (Lipinski definition) is 2. The van der Waals surface area contributed by atoms with Gasteiger partial charge in [0.25, 0.3) is 11.5 Å². The van der Waals surface area contributed by atoms with Crippen molar-refractivity contribution in [2.75, 3.05) is 5.32 Å². The number of aromatic nitrogens is 1. The minimum absolute atomic E-state index is 0.0523. The predicted octanol–water partition coefficient (Wildman–Crippen LogP) is 3.17. The van der Waals surface area contributed by atoms with Crippen LogP contribution in [0.1, 0.15) is 27.9 Å². The van der Waals surface area contributed by atoms with E-state index in [0.29, 0.717) is 18.7 Å². The van der Waals surface area contributed by atoms with Crippen LogP contribution >= 0.6 is 0 Å². The van der Waals surface area contributed by atoms with Crippen LogP contribution in [0.25, 0.3) is 0 Å². The van der Waals surface area contributed by atoms with Crippen LogP contribution < -0.4 is 10.9 Å². The summed E-state index contributed by atoms with van der Waals surface area (Å²) in [5.74, 6) is -1.33. The second-order valence-electron chi connectivity index (χ2n) is 6.39. The van der Waals surface area contributed by atoms with Crippen molar-refractivity contribution in [3.05, 3.63) is 100.0 Å². The fourth-order valence-corrected chi connectivity index (χ4v) is 2.82. The minimum atomic E-state index is -0.853. The molecule has 0 aliphatic carbocycles. The van der Waals surface area contributed by atoms with Crippen molar-refractivity contribution in [2.24, 2.45) is 0 Å². The van der Waals surface area contributed by atoms with Crippen molar-refractivity contribution >= 4 is 17.6 Å². The van der Waals surface area contributed by atoms with E-state index in [0.717, 1.165) is 11.1 Å². The number of aryl methyl sites for hydroxylation is 1. The second kappa shape index (κ2) is 8.81. The fourth-order valence-electron chi connectivity index (χ4n) is 2.82. The molecule has 0 saturated heterocycles. The van der Waals surface area contributed by atoms with Gasteiger partial charge in [0.05, 0.1) is 6.54 Å². The molecule has 0 saturated carbocycles. The molecule has 3 aromatic rings. The van der Waals surface area contributed by atoms with Gasteiger partial charge in [0, 0.05) is 18.3 Å². The van der Waals surface area contributed by atoms with Crippen LogP contribution in [-0.2, 0) is 17.8 Å². The first-order valence-corrected chi connectivity index (χ1v) is 8.88. The highest BCUT2D eigenvalue weighted by Gasteiger charge is 2.12. The molecule has 0 radical (unpaired) electrons. The summed E-state index contributed by atoms with van der Waals surface area (Å²) < 4.78 is 1.50. The Bertz CT molecular complexity index is 1020. The van der Waals surface area contributed by atoms with Gasteiger partial charge in [0.15, 0.2) is 0 Å². The molecule has 0 fully saturated rings. The van der Waals surface area contributed by atoms with E-state index in [1.807, 2.05) is 30.3 Å². The van der Waals surface area contributed by atoms with Gasteiger partial charge >= 0.3 is 5.97 Å². The summed E-state index contributed by atoms with van der Waals surface area (Å²) in [5, 5.41) is 11.4. The fraction of sp³-hybridized carbons (Fsp3) is 0.136. The van der Waals surface area contributed by atoms with Gasteiger partial charge in [-0.15, -0.1) is 0 Å². The molecule has 1 amide bonds. The van der Waals surface area contributed by atoms with E-state index in [2.05, 4.69) is 5.32 Å². The minimum Gasteiger partial charge on any atom is -0.481 e. The lowest BCUT2D eigenvalue weighted by molar-refractivity contribution is -0.136. The number of aliphatic carboxylic acids is 1. The van der Waals surface area contributed by atoms with E-state index in [4.69, 9.17) is 5.11 Å². The lowest BCUT2D eigenvalue weighted by Crippen LogP contribution is -2.29. The Kier molecular flexibility index (Phi) is 6.01. The average Bonchev–Trinajstić information content (AvgIpc) is 2.70. The third-order valence-electron chi connectivity index (χ3n) is 4.30. The number of carboxylic acids is 1. The molecule has 0 spiro atoms. The van der Waals surface area contributed by atoms with Gasteiger partial charge in [0.2, 0.25) is 0 Å². The van der Waals surface area contributed by atoms with Crippen LogP contribution in [0.5, 0.6) is 0 Å². The highest BCUT2D eigenvalue weighted by Crippen LogP contribution is 2.12. The van der Waals surface area contributed by atoms with Crippen molar-refractivity contribution in [3.8, 4) is 0 Å². The summed E-state index contributed by atoms with van der Waals surface area (Å²) in [4.78, 5) is 35.8. The van der Waals surface area contributed by atoms with Crippen LogP contribution in [0.3, 0.4) is 0 Å². The van der Waals surface area contributed by atoms with E-state index >= 15 is 0 Å². The summed E-state index contributed by atoms with van der Waals surface area (Å²) >= 11 is 0. The number of carboxylic acid groups (broad SMARTS) is 1.